The van der Waals surface area contributed by atoms with Crippen molar-refractivity contribution in [2.45, 2.75) is 26.4 Å². The molecule has 5 heteroatoms. The molecule has 0 aliphatic carbocycles. The third-order valence-electron chi connectivity index (χ3n) is 3.85. The van der Waals surface area contributed by atoms with Crippen LogP contribution in [0.15, 0.2) is 34.9 Å². The van der Waals surface area contributed by atoms with Crippen LogP contribution in [-0.4, -0.2) is 35.6 Å². The van der Waals surface area contributed by atoms with Gasteiger partial charge >= 0.3 is 0 Å². The van der Waals surface area contributed by atoms with E-state index in [1.54, 1.807) is 6.26 Å². The zero-order valence-electron chi connectivity index (χ0n) is 12.5. The van der Waals surface area contributed by atoms with Crippen LogP contribution >= 0.6 is 12.4 Å². The molecule has 0 amide bonds. The van der Waals surface area contributed by atoms with Crippen LogP contribution in [0.25, 0.3) is 11.5 Å². The summed E-state index contributed by atoms with van der Waals surface area (Å²) < 4.78 is 5.61. The van der Waals surface area contributed by atoms with Gasteiger partial charge in [-0.15, -0.1) is 12.4 Å². The largest absolute Gasteiger partial charge is 0.444 e. The lowest BCUT2D eigenvalue weighted by Crippen LogP contribution is -2.49. The maximum atomic E-state index is 5.61. The Labute approximate surface area is 132 Å². The SMILES string of the molecule is Cc1ccc(-c2nc(CN3CCNCC3C)co2)cc1.Cl. The summed E-state index contributed by atoms with van der Waals surface area (Å²) in [6.45, 7) is 8.34. The van der Waals surface area contributed by atoms with Gasteiger partial charge in [-0.05, 0) is 26.0 Å². The van der Waals surface area contributed by atoms with Crippen LogP contribution in [0.5, 0.6) is 0 Å². The predicted octanol–water partition coefficient (Wildman–Crippen LogP) is 2.87. The van der Waals surface area contributed by atoms with Gasteiger partial charge in [0.15, 0.2) is 0 Å². The first kappa shape index (κ1) is 16.0. The summed E-state index contributed by atoms with van der Waals surface area (Å²) in [4.78, 5) is 7.05. The van der Waals surface area contributed by atoms with E-state index in [0.29, 0.717) is 11.9 Å². The normalized spacial score (nSPS) is 19.2. The van der Waals surface area contributed by atoms with E-state index in [4.69, 9.17) is 4.42 Å². The maximum Gasteiger partial charge on any atom is 0.226 e. The van der Waals surface area contributed by atoms with Gasteiger partial charge in [0.2, 0.25) is 5.89 Å². The molecule has 1 saturated heterocycles. The summed E-state index contributed by atoms with van der Waals surface area (Å²) >= 11 is 0. The van der Waals surface area contributed by atoms with Crippen molar-refractivity contribution in [3.05, 3.63) is 41.8 Å². The van der Waals surface area contributed by atoms with Gasteiger partial charge in [-0.25, -0.2) is 4.98 Å². The van der Waals surface area contributed by atoms with E-state index in [2.05, 4.69) is 53.3 Å². The number of halogens is 1. The molecule has 21 heavy (non-hydrogen) atoms. The second kappa shape index (κ2) is 7.07. The number of aryl methyl sites for hydroxylation is 1. The van der Waals surface area contributed by atoms with Gasteiger partial charge in [0.1, 0.15) is 6.26 Å². The van der Waals surface area contributed by atoms with E-state index >= 15 is 0 Å². The van der Waals surface area contributed by atoms with E-state index < -0.39 is 0 Å². The predicted molar refractivity (Wildman–Crippen MR) is 86.7 cm³/mol. The molecule has 2 heterocycles. The van der Waals surface area contributed by atoms with Gasteiger partial charge in [-0.1, -0.05) is 17.7 Å². The number of oxazole rings is 1. The number of hydrogen-bond donors (Lipinski definition) is 1. The topological polar surface area (TPSA) is 41.3 Å². The van der Waals surface area contributed by atoms with Gasteiger partial charge in [0, 0.05) is 37.8 Å². The highest BCUT2D eigenvalue weighted by atomic mass is 35.5. The van der Waals surface area contributed by atoms with Crippen molar-refractivity contribution in [1.29, 1.82) is 0 Å². The maximum absolute atomic E-state index is 5.61. The van der Waals surface area contributed by atoms with Crippen molar-refractivity contribution >= 4 is 12.4 Å². The van der Waals surface area contributed by atoms with Crippen molar-refractivity contribution in [3.8, 4) is 11.5 Å². The van der Waals surface area contributed by atoms with Crippen LogP contribution in [0, 0.1) is 6.92 Å². The summed E-state index contributed by atoms with van der Waals surface area (Å²) in [5.41, 5.74) is 3.29. The summed E-state index contributed by atoms with van der Waals surface area (Å²) in [6.07, 6.45) is 1.78. The minimum absolute atomic E-state index is 0. The Morgan fingerprint density at radius 2 is 2.10 bits per heavy atom. The molecule has 0 radical (unpaired) electrons. The lowest BCUT2D eigenvalue weighted by Gasteiger charge is -2.33. The van der Waals surface area contributed by atoms with E-state index in [9.17, 15) is 0 Å². The molecule has 1 aromatic heterocycles. The van der Waals surface area contributed by atoms with E-state index in [1.807, 2.05) is 0 Å². The van der Waals surface area contributed by atoms with Gasteiger partial charge in [-0.2, -0.15) is 0 Å². The number of benzene rings is 1. The van der Waals surface area contributed by atoms with E-state index in [0.717, 1.165) is 37.4 Å². The summed E-state index contributed by atoms with van der Waals surface area (Å²) in [7, 11) is 0. The minimum atomic E-state index is 0. The quantitative estimate of drug-likeness (QED) is 0.947. The van der Waals surface area contributed by atoms with Crippen LogP contribution < -0.4 is 5.32 Å². The Morgan fingerprint density at radius 1 is 1.33 bits per heavy atom. The second-order valence-corrected chi connectivity index (χ2v) is 5.53. The highest BCUT2D eigenvalue weighted by Crippen LogP contribution is 2.20. The fourth-order valence-corrected chi connectivity index (χ4v) is 2.53. The molecule has 0 bridgehead atoms. The molecule has 1 N–H and O–H groups in total. The molecular formula is C16H22ClN3O. The molecule has 1 atom stereocenters. The molecular weight excluding hydrogens is 286 g/mol. The first-order chi connectivity index (χ1) is 9.72. The molecule has 3 rings (SSSR count). The molecule has 0 saturated carbocycles. The average Bonchev–Trinajstić information content (AvgIpc) is 2.91. The fraction of sp³-hybridized carbons (Fsp3) is 0.438. The van der Waals surface area contributed by atoms with Gasteiger partial charge in [0.25, 0.3) is 0 Å². The standard InChI is InChI=1S/C16H21N3O.ClH/c1-12-3-5-14(6-4-12)16-18-15(11-20-16)10-19-8-7-17-9-13(19)2;/h3-6,11,13,17H,7-10H2,1-2H3;1H. The van der Waals surface area contributed by atoms with Gasteiger partial charge < -0.3 is 9.73 Å². The molecule has 114 valence electrons. The average molecular weight is 308 g/mol. The number of nitrogens with one attached hydrogen (secondary N) is 1. The molecule has 1 aliphatic heterocycles. The Kier molecular flexibility index (Phi) is 5.39. The molecule has 1 fully saturated rings. The zero-order valence-corrected chi connectivity index (χ0v) is 13.3. The van der Waals surface area contributed by atoms with Crippen molar-refractivity contribution < 1.29 is 4.42 Å². The molecule has 1 unspecified atom stereocenters. The van der Waals surface area contributed by atoms with Crippen LogP contribution in [0.2, 0.25) is 0 Å². The summed E-state index contributed by atoms with van der Waals surface area (Å²) in [5, 5.41) is 3.40. The Balaban J connectivity index is 0.00000161. The fourth-order valence-electron chi connectivity index (χ4n) is 2.53. The number of nitrogens with zero attached hydrogens (tertiary/aromatic N) is 2. The minimum Gasteiger partial charge on any atom is -0.444 e. The molecule has 0 spiro atoms. The van der Waals surface area contributed by atoms with E-state index in [1.165, 1.54) is 5.56 Å². The number of aromatic nitrogens is 1. The van der Waals surface area contributed by atoms with Gasteiger partial charge in [0.05, 0.1) is 5.69 Å². The highest BCUT2D eigenvalue weighted by Gasteiger charge is 2.19. The Morgan fingerprint density at radius 3 is 2.81 bits per heavy atom. The first-order valence-corrected chi connectivity index (χ1v) is 7.18. The van der Waals surface area contributed by atoms with Crippen molar-refractivity contribution in [2.75, 3.05) is 19.6 Å². The molecule has 2 aromatic rings. The Hall–Kier alpha value is -1.36. The third kappa shape index (κ3) is 3.84. The second-order valence-electron chi connectivity index (χ2n) is 5.53. The van der Waals surface area contributed by atoms with Crippen LogP contribution in [0.3, 0.4) is 0 Å². The van der Waals surface area contributed by atoms with Crippen LogP contribution in [-0.2, 0) is 6.54 Å². The molecule has 4 nitrogen and oxygen atoms in total. The number of rotatable bonds is 3. The lowest BCUT2D eigenvalue weighted by molar-refractivity contribution is 0.163. The number of piperazine rings is 1. The highest BCUT2D eigenvalue weighted by molar-refractivity contribution is 5.85. The van der Waals surface area contributed by atoms with Crippen LogP contribution in [0.4, 0.5) is 0 Å². The van der Waals surface area contributed by atoms with E-state index in [-0.39, 0.29) is 12.4 Å². The smallest absolute Gasteiger partial charge is 0.226 e. The van der Waals surface area contributed by atoms with Crippen LogP contribution in [0.1, 0.15) is 18.2 Å². The van der Waals surface area contributed by atoms with Crippen molar-refractivity contribution in [3.63, 3.8) is 0 Å². The number of hydrogen-bond acceptors (Lipinski definition) is 4. The molecule has 1 aliphatic rings. The van der Waals surface area contributed by atoms with Gasteiger partial charge in [-0.3, -0.25) is 4.90 Å². The Bertz CT molecular complexity index is 567. The van der Waals surface area contributed by atoms with Crippen molar-refractivity contribution in [2.24, 2.45) is 0 Å². The first-order valence-electron chi connectivity index (χ1n) is 7.18. The third-order valence-corrected chi connectivity index (χ3v) is 3.85. The summed E-state index contributed by atoms with van der Waals surface area (Å²) in [5.74, 6) is 0.711. The van der Waals surface area contributed by atoms with Crippen molar-refractivity contribution in [1.82, 2.24) is 15.2 Å². The summed E-state index contributed by atoms with van der Waals surface area (Å²) in [6, 6.07) is 8.81. The zero-order chi connectivity index (χ0) is 13.9. The monoisotopic (exact) mass is 307 g/mol. The molecule has 1 aromatic carbocycles. The lowest BCUT2D eigenvalue weighted by atomic mass is 10.1.